The van der Waals surface area contributed by atoms with Gasteiger partial charge in [0.05, 0.1) is 11.0 Å². The molecule has 1 aliphatic rings. The first-order valence-electron chi connectivity index (χ1n) is 7.99. The quantitative estimate of drug-likeness (QED) is 0.787. The first-order valence-corrected chi connectivity index (χ1v) is 8.52. The van der Waals surface area contributed by atoms with E-state index in [4.69, 9.17) is 16.6 Å². The maximum absolute atomic E-state index is 5.98. The normalized spacial score (nSPS) is 19.7. The Morgan fingerprint density at radius 3 is 3.00 bits per heavy atom. The summed E-state index contributed by atoms with van der Waals surface area (Å²) in [6.45, 7) is 7.85. The summed E-state index contributed by atoms with van der Waals surface area (Å²) in [7, 11) is 0. The third kappa shape index (κ3) is 2.82. The van der Waals surface area contributed by atoms with Crippen LogP contribution < -0.4 is 0 Å². The molecule has 1 aromatic carbocycles. The lowest BCUT2D eigenvalue weighted by Gasteiger charge is -2.24. The van der Waals surface area contributed by atoms with E-state index in [0.717, 1.165) is 30.9 Å². The Kier molecular flexibility index (Phi) is 4.51. The lowest BCUT2D eigenvalue weighted by Crippen LogP contribution is -2.33. The first-order chi connectivity index (χ1) is 10.2. The summed E-state index contributed by atoms with van der Waals surface area (Å²) in [5.41, 5.74) is 3.71. The van der Waals surface area contributed by atoms with Gasteiger partial charge in [-0.25, -0.2) is 4.98 Å². The molecule has 2 heterocycles. The summed E-state index contributed by atoms with van der Waals surface area (Å²) < 4.78 is 2.42. The van der Waals surface area contributed by atoms with E-state index >= 15 is 0 Å². The van der Waals surface area contributed by atoms with Crippen molar-refractivity contribution >= 4 is 22.6 Å². The van der Waals surface area contributed by atoms with Gasteiger partial charge in [-0.15, -0.1) is 11.6 Å². The number of benzene rings is 1. The zero-order chi connectivity index (χ0) is 14.8. The van der Waals surface area contributed by atoms with Crippen molar-refractivity contribution in [3.8, 4) is 0 Å². The molecule has 3 nitrogen and oxygen atoms in total. The summed E-state index contributed by atoms with van der Waals surface area (Å²) in [6.07, 6.45) is 3.45. The second kappa shape index (κ2) is 6.37. The molecule has 1 unspecified atom stereocenters. The minimum atomic E-state index is 0.629. The molecule has 0 radical (unpaired) electrons. The molecule has 1 aliphatic heterocycles. The van der Waals surface area contributed by atoms with E-state index in [9.17, 15) is 0 Å². The van der Waals surface area contributed by atoms with Crippen LogP contribution in [0.2, 0.25) is 0 Å². The monoisotopic (exact) mass is 305 g/mol. The van der Waals surface area contributed by atoms with Crippen molar-refractivity contribution in [2.45, 2.75) is 45.7 Å². The van der Waals surface area contributed by atoms with Crippen LogP contribution >= 0.6 is 11.6 Å². The number of fused-ring (bicyclic) bond motifs is 1. The summed E-state index contributed by atoms with van der Waals surface area (Å²) in [4.78, 5) is 7.41. The third-order valence-corrected chi connectivity index (χ3v) is 4.85. The van der Waals surface area contributed by atoms with Crippen molar-refractivity contribution in [2.75, 3.05) is 19.0 Å². The summed E-state index contributed by atoms with van der Waals surface area (Å²) in [6, 6.07) is 7.02. The van der Waals surface area contributed by atoms with E-state index in [1.165, 1.54) is 30.5 Å². The largest absolute Gasteiger partial charge is 0.326 e. The lowest BCUT2D eigenvalue weighted by molar-refractivity contribution is 0.244. The highest BCUT2D eigenvalue weighted by atomic mass is 35.5. The number of aryl methyl sites for hydroxylation is 2. The number of aromatic nitrogens is 2. The molecule has 4 heteroatoms. The minimum Gasteiger partial charge on any atom is -0.326 e. The molecule has 0 amide bonds. The number of para-hydroxylation sites is 1. The highest BCUT2D eigenvalue weighted by Crippen LogP contribution is 2.25. The molecular formula is C17H24ClN3. The molecule has 0 bridgehead atoms. The summed E-state index contributed by atoms with van der Waals surface area (Å²) in [5, 5.41) is 0. The van der Waals surface area contributed by atoms with Crippen LogP contribution in [0.5, 0.6) is 0 Å². The van der Waals surface area contributed by atoms with E-state index in [-0.39, 0.29) is 0 Å². The molecule has 1 aromatic heterocycles. The van der Waals surface area contributed by atoms with Gasteiger partial charge in [-0.2, -0.15) is 0 Å². The second-order valence-electron chi connectivity index (χ2n) is 5.94. The van der Waals surface area contributed by atoms with Gasteiger partial charge in [0.25, 0.3) is 0 Å². The Morgan fingerprint density at radius 2 is 2.24 bits per heavy atom. The highest BCUT2D eigenvalue weighted by Gasteiger charge is 2.25. The standard InChI is InChI=1S/C17H24ClN3/c1-3-20-11-5-7-14(20)12-21-16(9-10-18)19-15-8-4-6-13(2)17(15)21/h4,6,8,14H,3,5,7,9-12H2,1-2H3. The van der Waals surface area contributed by atoms with Crippen molar-refractivity contribution in [1.29, 1.82) is 0 Å². The van der Waals surface area contributed by atoms with Gasteiger partial charge in [0.15, 0.2) is 0 Å². The van der Waals surface area contributed by atoms with E-state index in [0.29, 0.717) is 11.9 Å². The number of alkyl halides is 1. The van der Waals surface area contributed by atoms with Crippen LogP contribution in [0.25, 0.3) is 11.0 Å². The molecule has 2 aromatic rings. The van der Waals surface area contributed by atoms with E-state index in [2.05, 4.69) is 41.5 Å². The Morgan fingerprint density at radius 1 is 1.38 bits per heavy atom. The van der Waals surface area contributed by atoms with Gasteiger partial charge in [-0.3, -0.25) is 4.90 Å². The van der Waals surface area contributed by atoms with Crippen molar-refractivity contribution < 1.29 is 0 Å². The molecule has 114 valence electrons. The zero-order valence-electron chi connectivity index (χ0n) is 13.0. The number of likely N-dealkylation sites (tertiary alicyclic amines) is 1. The number of rotatable bonds is 5. The number of halogens is 1. The van der Waals surface area contributed by atoms with E-state index in [1.807, 2.05) is 0 Å². The second-order valence-corrected chi connectivity index (χ2v) is 6.32. The Labute approximate surface area is 131 Å². The molecule has 1 atom stereocenters. The SMILES string of the molecule is CCN1CCCC1Cn1c(CCCl)nc2cccc(C)c21. The first kappa shape index (κ1) is 14.9. The Bertz CT molecular complexity index is 620. The minimum absolute atomic E-state index is 0.629. The van der Waals surface area contributed by atoms with Gasteiger partial charge < -0.3 is 4.57 Å². The van der Waals surface area contributed by atoms with Crippen LogP contribution in [-0.4, -0.2) is 39.5 Å². The van der Waals surface area contributed by atoms with Crippen LogP contribution in [0, 0.1) is 6.92 Å². The maximum atomic E-state index is 5.98. The molecule has 0 aliphatic carbocycles. The third-order valence-electron chi connectivity index (χ3n) is 4.66. The maximum Gasteiger partial charge on any atom is 0.111 e. The smallest absolute Gasteiger partial charge is 0.111 e. The van der Waals surface area contributed by atoms with Crippen LogP contribution in [0.4, 0.5) is 0 Å². The zero-order valence-corrected chi connectivity index (χ0v) is 13.7. The van der Waals surface area contributed by atoms with Gasteiger partial charge in [-0.05, 0) is 44.5 Å². The molecule has 0 saturated carbocycles. The molecular weight excluding hydrogens is 282 g/mol. The van der Waals surface area contributed by atoms with E-state index < -0.39 is 0 Å². The van der Waals surface area contributed by atoms with Crippen LogP contribution in [-0.2, 0) is 13.0 Å². The molecule has 3 rings (SSSR count). The number of hydrogen-bond acceptors (Lipinski definition) is 2. The fourth-order valence-corrected chi connectivity index (χ4v) is 3.78. The highest BCUT2D eigenvalue weighted by molar-refractivity contribution is 6.17. The fourth-order valence-electron chi connectivity index (χ4n) is 3.61. The van der Waals surface area contributed by atoms with Gasteiger partial charge in [0.2, 0.25) is 0 Å². The lowest BCUT2D eigenvalue weighted by atomic mass is 10.2. The van der Waals surface area contributed by atoms with Gasteiger partial charge in [-0.1, -0.05) is 19.1 Å². The predicted octanol–water partition coefficient (Wildman–Crippen LogP) is 3.61. The summed E-state index contributed by atoms with van der Waals surface area (Å²) >= 11 is 5.98. The molecule has 1 fully saturated rings. The Hall–Kier alpha value is -1.06. The molecule has 1 saturated heterocycles. The summed E-state index contributed by atoms with van der Waals surface area (Å²) in [5.74, 6) is 1.77. The Balaban J connectivity index is 2.00. The van der Waals surface area contributed by atoms with Crippen LogP contribution in [0.15, 0.2) is 18.2 Å². The van der Waals surface area contributed by atoms with Crippen molar-refractivity contribution in [1.82, 2.24) is 14.5 Å². The van der Waals surface area contributed by atoms with Gasteiger partial charge >= 0.3 is 0 Å². The molecule has 0 spiro atoms. The number of likely N-dealkylation sites (N-methyl/N-ethyl adjacent to an activating group) is 1. The number of nitrogens with zero attached hydrogens (tertiary/aromatic N) is 3. The van der Waals surface area contributed by atoms with Crippen molar-refractivity contribution in [2.24, 2.45) is 0 Å². The van der Waals surface area contributed by atoms with Gasteiger partial charge in [0.1, 0.15) is 5.82 Å². The van der Waals surface area contributed by atoms with Gasteiger partial charge in [0, 0.05) is 24.9 Å². The number of imidazole rings is 1. The topological polar surface area (TPSA) is 21.1 Å². The molecule has 21 heavy (non-hydrogen) atoms. The molecule has 0 N–H and O–H groups in total. The predicted molar refractivity (Wildman–Crippen MR) is 89.2 cm³/mol. The fraction of sp³-hybridized carbons (Fsp3) is 0.588. The average Bonchev–Trinajstić information content (AvgIpc) is 3.06. The van der Waals surface area contributed by atoms with Crippen molar-refractivity contribution in [3.63, 3.8) is 0 Å². The number of hydrogen-bond donors (Lipinski definition) is 0. The van der Waals surface area contributed by atoms with Crippen LogP contribution in [0.3, 0.4) is 0 Å². The van der Waals surface area contributed by atoms with Crippen molar-refractivity contribution in [3.05, 3.63) is 29.6 Å². The average molecular weight is 306 g/mol. The van der Waals surface area contributed by atoms with E-state index in [1.54, 1.807) is 0 Å². The van der Waals surface area contributed by atoms with Crippen LogP contribution in [0.1, 0.15) is 31.2 Å².